The lowest BCUT2D eigenvalue weighted by Crippen LogP contribution is -2.46. The highest BCUT2D eigenvalue weighted by molar-refractivity contribution is 7.88. The standard InChI is InChI=1S/C25H39F2N3O4S/c1-25(2,3)34-24(31)28-22-7-10-29(11-8-22)12-9-23(19-15-20(26)17-21(27)16-19)18-5-13-30(14-6-18)35(4,32)33/h15-18,22-23H,5-14H2,1-4H3,(H,28,31)/t23-/m1/s1. The summed E-state index contributed by atoms with van der Waals surface area (Å²) in [6, 6.07) is 3.77. The molecule has 1 aromatic rings. The van der Waals surface area contributed by atoms with E-state index in [9.17, 15) is 22.0 Å². The quantitative estimate of drug-likeness (QED) is 0.592. The molecule has 3 rings (SSSR count). The molecule has 2 fully saturated rings. The lowest BCUT2D eigenvalue weighted by molar-refractivity contribution is 0.0478. The first-order valence-electron chi connectivity index (χ1n) is 12.4. The summed E-state index contributed by atoms with van der Waals surface area (Å²) in [4.78, 5) is 14.4. The van der Waals surface area contributed by atoms with Gasteiger partial charge in [0.15, 0.2) is 0 Å². The molecule has 1 aromatic carbocycles. The number of hydrogen-bond acceptors (Lipinski definition) is 5. The smallest absolute Gasteiger partial charge is 0.407 e. The highest BCUT2D eigenvalue weighted by atomic mass is 32.2. The fraction of sp³-hybridized carbons (Fsp3) is 0.720. The van der Waals surface area contributed by atoms with Crippen molar-refractivity contribution in [2.45, 2.75) is 70.4 Å². The van der Waals surface area contributed by atoms with Crippen LogP contribution in [0.3, 0.4) is 0 Å². The summed E-state index contributed by atoms with van der Waals surface area (Å²) in [5.41, 5.74) is 0.106. The third-order valence-electron chi connectivity index (χ3n) is 6.91. The summed E-state index contributed by atoms with van der Waals surface area (Å²) in [6.45, 7) is 8.77. The highest BCUT2D eigenvalue weighted by Gasteiger charge is 2.32. The zero-order valence-electron chi connectivity index (χ0n) is 21.2. The van der Waals surface area contributed by atoms with Gasteiger partial charge < -0.3 is 15.0 Å². The molecule has 0 radical (unpaired) electrons. The molecule has 2 saturated heterocycles. The van der Waals surface area contributed by atoms with Crippen molar-refractivity contribution in [1.82, 2.24) is 14.5 Å². The minimum absolute atomic E-state index is 0.0560. The Hall–Kier alpha value is -1.78. The predicted octanol–water partition coefficient (Wildman–Crippen LogP) is 4.10. The van der Waals surface area contributed by atoms with E-state index < -0.39 is 33.4 Å². The van der Waals surface area contributed by atoms with E-state index in [1.165, 1.54) is 22.7 Å². The van der Waals surface area contributed by atoms with E-state index >= 15 is 0 Å². The molecule has 0 bridgehead atoms. The SMILES string of the molecule is CC(C)(C)OC(=O)NC1CCN(CC[C@@H](c2cc(F)cc(F)c2)C2CCN(S(C)(=O)=O)CC2)CC1. The Balaban J connectivity index is 1.58. The van der Waals surface area contributed by atoms with Crippen LogP contribution in [0.1, 0.15) is 64.4 Å². The maximum absolute atomic E-state index is 14.0. The molecule has 0 aliphatic carbocycles. The molecule has 1 amide bonds. The molecule has 7 nitrogen and oxygen atoms in total. The van der Waals surface area contributed by atoms with Crippen LogP contribution in [-0.2, 0) is 14.8 Å². The van der Waals surface area contributed by atoms with Crippen molar-refractivity contribution in [1.29, 1.82) is 0 Å². The molecule has 35 heavy (non-hydrogen) atoms. The van der Waals surface area contributed by atoms with Gasteiger partial charge in [0.1, 0.15) is 17.2 Å². The Morgan fingerprint density at radius 1 is 1.06 bits per heavy atom. The van der Waals surface area contributed by atoms with Gasteiger partial charge in [-0.15, -0.1) is 0 Å². The maximum atomic E-state index is 14.0. The van der Waals surface area contributed by atoms with Crippen molar-refractivity contribution < 1.29 is 26.7 Å². The molecule has 0 unspecified atom stereocenters. The first kappa shape index (κ1) is 27.8. The Kier molecular flexibility index (Phi) is 9.15. The van der Waals surface area contributed by atoms with Gasteiger partial charge in [-0.1, -0.05) is 0 Å². The number of rotatable bonds is 7. The van der Waals surface area contributed by atoms with E-state index in [0.717, 1.165) is 45.0 Å². The van der Waals surface area contributed by atoms with E-state index in [4.69, 9.17) is 4.74 Å². The third kappa shape index (κ3) is 8.68. The van der Waals surface area contributed by atoms with Crippen LogP contribution in [0.15, 0.2) is 18.2 Å². The average molecular weight is 516 g/mol. The van der Waals surface area contributed by atoms with Gasteiger partial charge in [-0.2, -0.15) is 0 Å². The first-order valence-corrected chi connectivity index (χ1v) is 14.3. The van der Waals surface area contributed by atoms with Crippen LogP contribution < -0.4 is 5.32 Å². The average Bonchev–Trinajstić information content (AvgIpc) is 2.73. The summed E-state index contributed by atoms with van der Waals surface area (Å²) < 4.78 is 58.7. The van der Waals surface area contributed by atoms with E-state index in [1.807, 2.05) is 20.8 Å². The second kappa shape index (κ2) is 11.5. The van der Waals surface area contributed by atoms with Crippen molar-refractivity contribution in [3.8, 4) is 0 Å². The Morgan fingerprint density at radius 2 is 1.63 bits per heavy atom. The number of ether oxygens (including phenoxy) is 1. The van der Waals surface area contributed by atoms with Crippen LogP contribution in [0.4, 0.5) is 13.6 Å². The summed E-state index contributed by atoms with van der Waals surface area (Å²) in [5, 5.41) is 2.94. The topological polar surface area (TPSA) is 79.0 Å². The van der Waals surface area contributed by atoms with Crippen LogP contribution in [0.2, 0.25) is 0 Å². The predicted molar refractivity (Wildman–Crippen MR) is 132 cm³/mol. The van der Waals surface area contributed by atoms with E-state index in [1.54, 1.807) is 0 Å². The van der Waals surface area contributed by atoms with Crippen LogP contribution >= 0.6 is 0 Å². The number of carbonyl (C=O) groups excluding carboxylic acids is 1. The number of halogens is 2. The van der Waals surface area contributed by atoms with Crippen LogP contribution in [0, 0.1) is 17.6 Å². The van der Waals surface area contributed by atoms with Crippen molar-refractivity contribution in [2.24, 2.45) is 5.92 Å². The number of amides is 1. The Morgan fingerprint density at radius 3 is 2.14 bits per heavy atom. The van der Waals surface area contributed by atoms with Gasteiger partial charge in [-0.3, -0.25) is 0 Å². The number of carbonyl (C=O) groups is 1. The molecule has 2 aliphatic heterocycles. The largest absolute Gasteiger partial charge is 0.444 e. The number of benzene rings is 1. The molecule has 2 aliphatic rings. The number of nitrogens with one attached hydrogen (secondary N) is 1. The van der Waals surface area contributed by atoms with Gasteiger partial charge in [0.05, 0.1) is 6.26 Å². The fourth-order valence-corrected chi connectivity index (χ4v) is 6.04. The molecule has 0 spiro atoms. The number of alkyl carbamates (subject to hydrolysis) is 1. The molecule has 1 atom stereocenters. The Labute approximate surface area is 208 Å². The summed E-state index contributed by atoms with van der Waals surface area (Å²) >= 11 is 0. The van der Waals surface area contributed by atoms with Gasteiger partial charge in [-0.05, 0) is 89.0 Å². The second-order valence-electron chi connectivity index (χ2n) is 10.9. The number of hydrogen-bond donors (Lipinski definition) is 1. The molecule has 198 valence electrons. The number of likely N-dealkylation sites (tertiary alicyclic amines) is 1. The number of sulfonamides is 1. The summed E-state index contributed by atoms with van der Waals surface area (Å²) in [7, 11) is -3.24. The van der Waals surface area contributed by atoms with Crippen molar-refractivity contribution in [3.63, 3.8) is 0 Å². The van der Waals surface area contributed by atoms with E-state index in [2.05, 4.69) is 10.2 Å². The van der Waals surface area contributed by atoms with Crippen molar-refractivity contribution in [3.05, 3.63) is 35.4 Å². The molecule has 2 heterocycles. The second-order valence-corrected chi connectivity index (χ2v) is 12.8. The lowest BCUT2D eigenvalue weighted by Gasteiger charge is -2.37. The molecule has 10 heteroatoms. The van der Waals surface area contributed by atoms with Gasteiger partial charge in [-0.25, -0.2) is 26.3 Å². The highest BCUT2D eigenvalue weighted by Crippen LogP contribution is 2.37. The van der Waals surface area contributed by atoms with E-state index in [0.29, 0.717) is 31.5 Å². The molecule has 1 N–H and O–H groups in total. The van der Waals surface area contributed by atoms with Gasteiger partial charge in [0.2, 0.25) is 10.0 Å². The van der Waals surface area contributed by atoms with Crippen LogP contribution in [0.25, 0.3) is 0 Å². The molecule has 0 aromatic heterocycles. The van der Waals surface area contributed by atoms with Gasteiger partial charge in [0, 0.05) is 38.3 Å². The zero-order chi connectivity index (χ0) is 25.8. The monoisotopic (exact) mass is 515 g/mol. The number of piperidine rings is 2. The van der Waals surface area contributed by atoms with Gasteiger partial charge >= 0.3 is 6.09 Å². The minimum Gasteiger partial charge on any atom is -0.444 e. The normalized spacial score (nSPS) is 20.5. The van der Waals surface area contributed by atoms with Crippen LogP contribution in [0.5, 0.6) is 0 Å². The fourth-order valence-electron chi connectivity index (χ4n) is 5.17. The summed E-state index contributed by atoms with van der Waals surface area (Å²) in [5.74, 6) is -1.08. The first-order chi connectivity index (χ1) is 16.3. The van der Waals surface area contributed by atoms with Crippen LogP contribution in [-0.4, -0.2) is 74.3 Å². The maximum Gasteiger partial charge on any atom is 0.407 e. The lowest BCUT2D eigenvalue weighted by atomic mass is 9.78. The van der Waals surface area contributed by atoms with Gasteiger partial charge in [0.25, 0.3) is 0 Å². The minimum atomic E-state index is -3.24. The summed E-state index contributed by atoms with van der Waals surface area (Å²) in [6.07, 6.45) is 4.50. The number of nitrogens with zero attached hydrogens (tertiary/aromatic N) is 2. The third-order valence-corrected chi connectivity index (χ3v) is 8.22. The zero-order valence-corrected chi connectivity index (χ0v) is 22.0. The molecular formula is C25H39F2N3O4S. The molecular weight excluding hydrogens is 476 g/mol. The van der Waals surface area contributed by atoms with Crippen molar-refractivity contribution in [2.75, 3.05) is 39.0 Å². The Bertz CT molecular complexity index is 947. The van der Waals surface area contributed by atoms with E-state index in [-0.39, 0.29) is 17.9 Å². The molecule has 0 saturated carbocycles. The van der Waals surface area contributed by atoms with Crippen molar-refractivity contribution >= 4 is 16.1 Å².